The topological polar surface area (TPSA) is 60.9 Å². The summed E-state index contributed by atoms with van der Waals surface area (Å²) in [5.74, 6) is -3.39. The Morgan fingerprint density at radius 3 is 2.41 bits per heavy atom. The largest absolute Gasteiger partial charge is 0.444 e. The first kappa shape index (κ1) is 20.5. The molecule has 0 spiro atoms. The number of ether oxygens (including phenoxy) is 3. The van der Waals surface area contributed by atoms with Crippen LogP contribution in [0.3, 0.4) is 0 Å². The monoisotopic (exact) mass is 424 g/mol. The minimum absolute atomic E-state index is 0.115. The molecule has 2 aliphatic heterocycles. The van der Waals surface area contributed by atoms with Crippen LogP contribution in [0, 0.1) is 0 Å². The van der Waals surface area contributed by atoms with Crippen molar-refractivity contribution in [3.63, 3.8) is 0 Å². The lowest BCUT2D eigenvalue weighted by Gasteiger charge is -2.36. The van der Waals surface area contributed by atoms with E-state index in [1.807, 2.05) is 0 Å². The van der Waals surface area contributed by atoms with E-state index in [9.17, 15) is 13.6 Å². The number of likely N-dealkylation sites (tertiary alicyclic amines) is 1. The molecule has 1 amide bonds. The van der Waals surface area contributed by atoms with Crippen molar-refractivity contribution in [1.29, 1.82) is 0 Å². The Morgan fingerprint density at radius 2 is 1.81 bits per heavy atom. The van der Waals surface area contributed by atoms with Crippen LogP contribution < -0.4 is 0 Å². The van der Waals surface area contributed by atoms with Crippen molar-refractivity contribution >= 4 is 29.3 Å². The SMILES string of the molecule is CC(C)(C)OC(=O)N1CC2OCC(C(F)(F)c3cc(Cl)nc(Cl)c3)OC2C1. The summed E-state index contributed by atoms with van der Waals surface area (Å²) in [7, 11) is 0. The molecule has 27 heavy (non-hydrogen) atoms. The van der Waals surface area contributed by atoms with E-state index >= 15 is 0 Å². The van der Waals surface area contributed by atoms with Gasteiger partial charge in [-0.3, -0.25) is 0 Å². The third-order valence-corrected chi connectivity index (χ3v) is 4.61. The number of alkyl halides is 2. The highest BCUT2D eigenvalue weighted by atomic mass is 35.5. The smallest absolute Gasteiger partial charge is 0.410 e. The standard InChI is InChI=1S/C17H20Cl2F2N2O4/c1-16(2,3)27-15(24)23-6-10-11(7-23)26-12(8-25-10)17(20,21)9-4-13(18)22-14(19)5-9/h4-5,10-12H,6-8H2,1-3H3. The maximum atomic E-state index is 14.9. The maximum Gasteiger partial charge on any atom is 0.410 e. The van der Waals surface area contributed by atoms with Crippen LogP contribution in [-0.2, 0) is 20.1 Å². The molecule has 2 saturated heterocycles. The molecule has 2 fully saturated rings. The summed E-state index contributed by atoms with van der Waals surface area (Å²) in [6.45, 7) is 5.27. The molecule has 3 atom stereocenters. The van der Waals surface area contributed by atoms with Gasteiger partial charge in [-0.1, -0.05) is 23.2 Å². The first-order valence-corrected chi connectivity index (χ1v) is 9.17. The fourth-order valence-corrected chi connectivity index (χ4v) is 3.47. The summed E-state index contributed by atoms with van der Waals surface area (Å²) < 4.78 is 46.2. The zero-order chi connectivity index (χ0) is 20.0. The van der Waals surface area contributed by atoms with Crippen LogP contribution in [-0.4, -0.2) is 59.6 Å². The van der Waals surface area contributed by atoms with Crippen LogP contribution in [0.1, 0.15) is 26.3 Å². The van der Waals surface area contributed by atoms with Crippen molar-refractivity contribution in [2.75, 3.05) is 19.7 Å². The number of amides is 1. The number of carbonyl (C=O) groups is 1. The Kier molecular flexibility index (Phi) is 5.55. The van der Waals surface area contributed by atoms with Gasteiger partial charge in [0, 0.05) is 5.56 Å². The number of rotatable bonds is 2. The zero-order valence-corrected chi connectivity index (χ0v) is 16.6. The Balaban J connectivity index is 1.69. The molecule has 0 aliphatic carbocycles. The number of carbonyl (C=O) groups excluding carboxylic acids is 1. The zero-order valence-electron chi connectivity index (χ0n) is 15.0. The molecule has 2 aliphatic rings. The lowest BCUT2D eigenvalue weighted by atomic mass is 10.0. The van der Waals surface area contributed by atoms with Gasteiger partial charge in [-0.05, 0) is 32.9 Å². The summed E-state index contributed by atoms with van der Waals surface area (Å²) in [5, 5.41) is -0.271. The van der Waals surface area contributed by atoms with E-state index in [1.165, 1.54) is 4.90 Å². The van der Waals surface area contributed by atoms with Crippen LogP contribution in [0.4, 0.5) is 13.6 Å². The molecule has 1 aromatic heterocycles. The van der Waals surface area contributed by atoms with Crippen molar-refractivity contribution in [3.8, 4) is 0 Å². The molecule has 0 radical (unpaired) electrons. The number of pyridine rings is 1. The summed E-state index contributed by atoms with van der Waals surface area (Å²) in [6.07, 6.45) is -3.21. The van der Waals surface area contributed by atoms with Gasteiger partial charge in [0.25, 0.3) is 0 Å². The van der Waals surface area contributed by atoms with Gasteiger partial charge in [-0.15, -0.1) is 0 Å². The predicted octanol–water partition coefficient (Wildman–Crippen LogP) is 3.88. The van der Waals surface area contributed by atoms with Gasteiger partial charge >= 0.3 is 12.0 Å². The lowest BCUT2D eigenvalue weighted by Crippen LogP contribution is -2.49. The maximum absolute atomic E-state index is 14.9. The number of hydrogen-bond acceptors (Lipinski definition) is 5. The summed E-state index contributed by atoms with van der Waals surface area (Å²) >= 11 is 11.5. The third kappa shape index (κ3) is 4.62. The van der Waals surface area contributed by atoms with Crippen molar-refractivity contribution < 1.29 is 27.8 Å². The summed E-state index contributed by atoms with van der Waals surface area (Å²) in [5.41, 5.74) is -1.05. The Hall–Kier alpha value is -1.22. The van der Waals surface area contributed by atoms with Gasteiger partial charge < -0.3 is 19.1 Å². The molecule has 6 nitrogen and oxygen atoms in total. The second-order valence-corrected chi connectivity index (χ2v) is 8.32. The van der Waals surface area contributed by atoms with Crippen LogP contribution in [0.5, 0.6) is 0 Å². The van der Waals surface area contributed by atoms with Gasteiger partial charge in [0.2, 0.25) is 0 Å². The second kappa shape index (κ2) is 7.31. The van der Waals surface area contributed by atoms with Gasteiger partial charge in [0.15, 0.2) is 0 Å². The number of hydrogen-bond donors (Lipinski definition) is 0. The van der Waals surface area contributed by atoms with Crippen LogP contribution in [0.15, 0.2) is 12.1 Å². The van der Waals surface area contributed by atoms with E-state index in [1.54, 1.807) is 20.8 Å². The summed E-state index contributed by atoms with van der Waals surface area (Å²) in [4.78, 5) is 17.3. The Labute approximate surface area is 165 Å². The van der Waals surface area contributed by atoms with E-state index in [0.29, 0.717) is 0 Å². The molecule has 0 bridgehead atoms. The van der Waals surface area contributed by atoms with Gasteiger partial charge in [-0.25, -0.2) is 9.78 Å². The second-order valence-electron chi connectivity index (χ2n) is 7.54. The number of nitrogens with zero attached hydrogens (tertiary/aromatic N) is 2. The molecule has 3 rings (SSSR count). The molecular formula is C17H20Cl2F2N2O4. The minimum atomic E-state index is -3.39. The fraction of sp³-hybridized carbons (Fsp3) is 0.647. The highest BCUT2D eigenvalue weighted by Crippen LogP contribution is 2.39. The molecule has 0 aromatic carbocycles. The highest BCUT2D eigenvalue weighted by Gasteiger charge is 2.51. The Morgan fingerprint density at radius 1 is 1.22 bits per heavy atom. The van der Waals surface area contributed by atoms with E-state index in [-0.39, 0.29) is 30.0 Å². The van der Waals surface area contributed by atoms with Crippen LogP contribution in [0.25, 0.3) is 0 Å². The van der Waals surface area contributed by atoms with Gasteiger partial charge in [0.05, 0.1) is 19.7 Å². The van der Waals surface area contributed by atoms with Crippen LogP contribution in [0.2, 0.25) is 10.3 Å². The molecule has 0 saturated carbocycles. The van der Waals surface area contributed by atoms with Gasteiger partial charge in [-0.2, -0.15) is 8.78 Å². The van der Waals surface area contributed by atoms with E-state index < -0.39 is 41.5 Å². The lowest BCUT2D eigenvalue weighted by molar-refractivity contribution is -0.239. The molecule has 0 N–H and O–H groups in total. The first-order chi connectivity index (χ1) is 12.5. The minimum Gasteiger partial charge on any atom is -0.444 e. The fourth-order valence-electron chi connectivity index (χ4n) is 3.00. The average Bonchev–Trinajstić information content (AvgIpc) is 2.95. The quantitative estimate of drug-likeness (QED) is 0.674. The third-order valence-electron chi connectivity index (χ3n) is 4.22. The first-order valence-electron chi connectivity index (χ1n) is 8.42. The van der Waals surface area contributed by atoms with Crippen molar-refractivity contribution in [3.05, 3.63) is 28.0 Å². The molecule has 3 unspecified atom stereocenters. The number of aromatic nitrogens is 1. The Bertz CT molecular complexity index is 709. The molecule has 150 valence electrons. The predicted molar refractivity (Wildman–Crippen MR) is 94.4 cm³/mol. The van der Waals surface area contributed by atoms with Gasteiger partial charge in [0.1, 0.15) is 34.2 Å². The number of fused-ring (bicyclic) bond motifs is 1. The van der Waals surface area contributed by atoms with Crippen molar-refractivity contribution in [1.82, 2.24) is 9.88 Å². The molecular weight excluding hydrogens is 405 g/mol. The highest BCUT2D eigenvalue weighted by molar-refractivity contribution is 6.32. The van der Waals surface area contributed by atoms with Crippen molar-refractivity contribution in [2.45, 2.75) is 50.6 Å². The average molecular weight is 425 g/mol. The molecule has 1 aromatic rings. The van der Waals surface area contributed by atoms with Crippen LogP contribution >= 0.6 is 23.2 Å². The van der Waals surface area contributed by atoms with E-state index in [4.69, 9.17) is 37.4 Å². The molecule has 10 heteroatoms. The van der Waals surface area contributed by atoms with E-state index in [0.717, 1.165) is 12.1 Å². The number of halogens is 4. The van der Waals surface area contributed by atoms with Crippen molar-refractivity contribution in [2.24, 2.45) is 0 Å². The summed E-state index contributed by atoms with van der Waals surface area (Å²) in [6, 6.07) is 2.09. The molecule has 3 heterocycles. The normalized spacial score (nSPS) is 26.0. The van der Waals surface area contributed by atoms with E-state index in [2.05, 4.69) is 4.98 Å².